The molecule has 3 aromatic rings. The highest BCUT2D eigenvalue weighted by Crippen LogP contribution is 2.29. The monoisotopic (exact) mass is 483 g/mol. The summed E-state index contributed by atoms with van der Waals surface area (Å²) in [6, 6.07) is 20.8. The lowest BCUT2D eigenvalue weighted by atomic mass is 10.00. The number of carbonyl (C=O) groups is 2. The van der Waals surface area contributed by atoms with Gasteiger partial charge in [-0.2, -0.15) is 4.31 Å². The fourth-order valence-corrected chi connectivity index (χ4v) is 6.81. The molecule has 2 heterocycles. The fraction of sp³-hybridized carbons (Fsp3) is 0.280. The van der Waals surface area contributed by atoms with E-state index < -0.39 is 22.1 Å². The predicted molar refractivity (Wildman–Crippen MR) is 127 cm³/mol. The number of benzene rings is 2. The summed E-state index contributed by atoms with van der Waals surface area (Å²) in [5, 5.41) is 0. The first-order chi connectivity index (χ1) is 15.9. The number of ether oxygens (including phenoxy) is 1. The molecular weight excluding hydrogens is 458 g/mol. The van der Waals surface area contributed by atoms with Gasteiger partial charge in [0, 0.05) is 29.1 Å². The molecule has 0 N–H and O–H groups in total. The first-order valence-corrected chi connectivity index (χ1v) is 13.1. The summed E-state index contributed by atoms with van der Waals surface area (Å²) >= 11 is 1.07. The summed E-state index contributed by atoms with van der Waals surface area (Å²) in [5.74, 6) is -0.897. The number of piperidine rings is 1. The largest absolute Gasteiger partial charge is 0.449 e. The maximum atomic E-state index is 13.1. The summed E-state index contributed by atoms with van der Waals surface area (Å²) in [6.07, 6.45) is 1.58. The van der Waals surface area contributed by atoms with Crippen molar-refractivity contribution in [2.24, 2.45) is 0 Å². The molecule has 33 heavy (non-hydrogen) atoms. The van der Waals surface area contributed by atoms with Crippen LogP contribution in [0.3, 0.4) is 0 Å². The number of sulfonamides is 1. The molecule has 4 rings (SSSR count). The molecule has 0 saturated carbocycles. The van der Waals surface area contributed by atoms with E-state index in [1.807, 2.05) is 12.1 Å². The third kappa shape index (κ3) is 5.58. The highest BCUT2D eigenvalue weighted by molar-refractivity contribution is 7.91. The Bertz CT molecular complexity index is 1200. The number of hydrogen-bond donors (Lipinski definition) is 0. The van der Waals surface area contributed by atoms with E-state index in [4.69, 9.17) is 4.74 Å². The van der Waals surface area contributed by atoms with Gasteiger partial charge in [-0.1, -0.05) is 67.1 Å². The second kappa shape index (κ2) is 10.4. The Morgan fingerprint density at radius 1 is 0.879 bits per heavy atom. The molecule has 1 aliphatic rings. The van der Waals surface area contributed by atoms with Crippen molar-refractivity contribution in [2.75, 3.05) is 13.1 Å². The van der Waals surface area contributed by atoms with Gasteiger partial charge >= 0.3 is 5.97 Å². The molecule has 0 spiro atoms. The van der Waals surface area contributed by atoms with Gasteiger partial charge in [-0.05, 0) is 25.0 Å². The molecule has 0 bridgehead atoms. The Labute approximate surface area is 197 Å². The van der Waals surface area contributed by atoms with Crippen LogP contribution in [0.5, 0.6) is 0 Å². The highest BCUT2D eigenvalue weighted by Gasteiger charge is 2.29. The van der Waals surface area contributed by atoms with Gasteiger partial charge in [0.2, 0.25) is 5.78 Å². The number of Topliss-reactive ketones (excluding diaryl/α,β-unsaturated/α-hetero) is 1. The molecule has 1 unspecified atom stereocenters. The van der Waals surface area contributed by atoms with Gasteiger partial charge in [0.1, 0.15) is 4.21 Å². The minimum Gasteiger partial charge on any atom is -0.449 e. The van der Waals surface area contributed by atoms with Gasteiger partial charge in [0.15, 0.2) is 6.10 Å². The van der Waals surface area contributed by atoms with Crippen molar-refractivity contribution in [2.45, 2.75) is 36.0 Å². The Hall–Kier alpha value is -2.81. The van der Waals surface area contributed by atoms with Crippen LogP contribution in [-0.4, -0.2) is 37.6 Å². The van der Waals surface area contributed by atoms with Crippen molar-refractivity contribution in [3.63, 3.8) is 0 Å². The second-order valence-electron chi connectivity index (χ2n) is 7.87. The van der Waals surface area contributed by atoms with Crippen molar-refractivity contribution in [3.8, 4) is 0 Å². The summed E-state index contributed by atoms with van der Waals surface area (Å²) < 4.78 is 33.1. The zero-order chi connectivity index (χ0) is 23.3. The number of hydrogen-bond acceptors (Lipinski definition) is 6. The van der Waals surface area contributed by atoms with Crippen LogP contribution in [0, 0.1) is 0 Å². The normalized spacial score (nSPS) is 15.6. The minimum atomic E-state index is -3.55. The molecule has 0 aliphatic carbocycles. The van der Waals surface area contributed by atoms with Gasteiger partial charge in [0.25, 0.3) is 10.0 Å². The molecule has 1 atom stereocenters. The number of nitrogens with zero attached hydrogens (tertiary/aromatic N) is 1. The molecule has 1 aliphatic heterocycles. The van der Waals surface area contributed by atoms with E-state index in [9.17, 15) is 18.0 Å². The van der Waals surface area contributed by atoms with E-state index in [0.717, 1.165) is 30.6 Å². The van der Waals surface area contributed by atoms with E-state index in [2.05, 4.69) is 0 Å². The Morgan fingerprint density at radius 2 is 1.52 bits per heavy atom. The van der Waals surface area contributed by atoms with Crippen LogP contribution in [0.4, 0.5) is 0 Å². The predicted octanol–water partition coefficient (Wildman–Crippen LogP) is 4.63. The smallest absolute Gasteiger partial charge is 0.312 e. The highest BCUT2D eigenvalue weighted by atomic mass is 32.2. The van der Waals surface area contributed by atoms with E-state index in [0.29, 0.717) is 29.1 Å². The van der Waals surface area contributed by atoms with E-state index in [-0.39, 0.29) is 16.4 Å². The van der Waals surface area contributed by atoms with Crippen LogP contribution >= 0.6 is 11.3 Å². The lowest BCUT2D eigenvalue weighted by molar-refractivity contribution is -0.146. The van der Waals surface area contributed by atoms with Crippen LogP contribution in [-0.2, 0) is 26.0 Å². The zero-order valence-electron chi connectivity index (χ0n) is 18.1. The maximum Gasteiger partial charge on any atom is 0.312 e. The quantitative estimate of drug-likeness (QED) is 0.345. The van der Waals surface area contributed by atoms with Crippen LogP contribution < -0.4 is 0 Å². The Kier molecular flexibility index (Phi) is 7.37. The van der Waals surface area contributed by atoms with Crippen LogP contribution in [0.15, 0.2) is 77.0 Å². The SMILES string of the molecule is O=C(Cc1ccc(S(=O)(=O)N2CCCCC2)s1)OC(C(=O)c1ccccc1)c1ccccc1. The average molecular weight is 484 g/mol. The fourth-order valence-electron chi connectivity index (χ4n) is 3.79. The summed E-state index contributed by atoms with van der Waals surface area (Å²) in [4.78, 5) is 26.4. The molecule has 172 valence electrons. The lowest BCUT2D eigenvalue weighted by Crippen LogP contribution is -2.35. The molecule has 6 nitrogen and oxygen atoms in total. The second-order valence-corrected chi connectivity index (χ2v) is 11.2. The molecule has 1 saturated heterocycles. The van der Waals surface area contributed by atoms with E-state index in [1.54, 1.807) is 60.7 Å². The number of esters is 1. The van der Waals surface area contributed by atoms with Gasteiger partial charge < -0.3 is 4.74 Å². The summed E-state index contributed by atoms with van der Waals surface area (Å²) in [5.41, 5.74) is 1.03. The molecule has 1 aromatic heterocycles. The number of carbonyl (C=O) groups excluding carboxylic acids is 2. The van der Waals surface area contributed by atoms with Gasteiger partial charge in [-0.15, -0.1) is 11.3 Å². The van der Waals surface area contributed by atoms with Crippen molar-refractivity contribution in [1.82, 2.24) is 4.31 Å². The third-order valence-electron chi connectivity index (χ3n) is 5.51. The van der Waals surface area contributed by atoms with Gasteiger partial charge in [-0.3, -0.25) is 9.59 Å². The number of rotatable bonds is 8. The van der Waals surface area contributed by atoms with Gasteiger partial charge in [-0.25, -0.2) is 8.42 Å². The standard InChI is InChI=1S/C25H25NO5S2/c27-22(18-21-14-15-23(32-21)33(29,30)26-16-8-3-9-17-26)31-25(20-12-6-2-7-13-20)24(28)19-10-4-1-5-11-19/h1-2,4-7,10-15,25H,3,8-9,16-18H2. The molecular formula is C25H25NO5S2. The first-order valence-electron chi connectivity index (χ1n) is 10.9. The third-order valence-corrected chi connectivity index (χ3v) is 8.96. The number of ketones is 1. The van der Waals surface area contributed by atoms with Crippen molar-refractivity contribution in [3.05, 3.63) is 88.8 Å². The van der Waals surface area contributed by atoms with Crippen LogP contribution in [0.1, 0.15) is 46.2 Å². The van der Waals surface area contributed by atoms with Gasteiger partial charge in [0.05, 0.1) is 6.42 Å². The average Bonchev–Trinajstić information content (AvgIpc) is 3.33. The summed E-state index contributed by atoms with van der Waals surface area (Å²) in [6.45, 7) is 1.05. The van der Waals surface area contributed by atoms with Crippen LogP contribution in [0.25, 0.3) is 0 Å². The van der Waals surface area contributed by atoms with Crippen molar-refractivity contribution < 1.29 is 22.7 Å². The van der Waals surface area contributed by atoms with Crippen LogP contribution in [0.2, 0.25) is 0 Å². The van der Waals surface area contributed by atoms with E-state index in [1.165, 1.54) is 4.31 Å². The molecule has 0 radical (unpaired) electrons. The maximum absolute atomic E-state index is 13.1. The minimum absolute atomic E-state index is 0.106. The first kappa shape index (κ1) is 23.4. The van der Waals surface area contributed by atoms with Crippen molar-refractivity contribution >= 4 is 33.1 Å². The molecule has 2 aromatic carbocycles. The zero-order valence-corrected chi connectivity index (χ0v) is 19.7. The van der Waals surface area contributed by atoms with Crippen molar-refractivity contribution in [1.29, 1.82) is 0 Å². The topological polar surface area (TPSA) is 80.8 Å². The molecule has 0 amide bonds. The molecule has 1 fully saturated rings. The van der Waals surface area contributed by atoms with E-state index >= 15 is 0 Å². The molecule has 8 heteroatoms. The summed E-state index contributed by atoms with van der Waals surface area (Å²) in [7, 11) is -3.55. The lowest BCUT2D eigenvalue weighted by Gasteiger charge is -2.25. The Balaban J connectivity index is 1.49. The Morgan fingerprint density at radius 3 is 2.18 bits per heavy atom. The number of thiophene rings is 1.